The number of carbonyl (C=O) groups excluding carboxylic acids is 1. The first-order chi connectivity index (χ1) is 14.7. The Morgan fingerprint density at radius 1 is 1.30 bits per heavy atom. The number of likely N-dealkylation sites (tertiary alicyclic amines) is 1. The minimum Gasteiger partial charge on any atom is -0.379 e. The van der Waals surface area contributed by atoms with Gasteiger partial charge in [-0.2, -0.15) is 0 Å². The zero-order valence-electron chi connectivity index (χ0n) is 18.0. The van der Waals surface area contributed by atoms with Crippen LogP contribution in [0.15, 0.2) is 29.3 Å². The van der Waals surface area contributed by atoms with E-state index in [9.17, 15) is 4.79 Å². The van der Waals surface area contributed by atoms with Gasteiger partial charge in [-0.3, -0.25) is 0 Å². The number of anilines is 1. The number of amides is 2. The standard InChI is InChI=1S/C22H35N5O3/c1-2-23-21(24-10-6-13-30-20-9-14-29-17-20)25-16-18-7-5-8-19(15-18)26-22(28)27-11-3-4-12-27/h5,7-8,15,20H,2-4,6,9-14,16-17H2,1H3,(H,26,28)(H2,23,24,25). The number of carbonyl (C=O) groups is 1. The minimum absolute atomic E-state index is 0.0189. The average molecular weight is 418 g/mol. The third kappa shape index (κ3) is 7.50. The van der Waals surface area contributed by atoms with E-state index in [1.807, 2.05) is 29.2 Å². The number of nitrogens with zero attached hydrogens (tertiary/aromatic N) is 2. The fourth-order valence-electron chi connectivity index (χ4n) is 3.56. The monoisotopic (exact) mass is 417 g/mol. The summed E-state index contributed by atoms with van der Waals surface area (Å²) in [6.07, 6.45) is 4.34. The van der Waals surface area contributed by atoms with Crippen LogP contribution in [-0.2, 0) is 16.0 Å². The molecule has 0 aromatic heterocycles. The zero-order chi connectivity index (χ0) is 21.0. The highest BCUT2D eigenvalue weighted by Gasteiger charge is 2.17. The first-order valence-corrected chi connectivity index (χ1v) is 11.1. The Bertz CT molecular complexity index is 685. The molecule has 2 fully saturated rings. The van der Waals surface area contributed by atoms with E-state index in [2.05, 4.69) is 27.9 Å². The molecule has 1 aromatic carbocycles. The molecule has 1 aromatic rings. The van der Waals surface area contributed by atoms with Crippen molar-refractivity contribution in [2.24, 2.45) is 4.99 Å². The molecule has 1 unspecified atom stereocenters. The van der Waals surface area contributed by atoms with Crippen LogP contribution in [0.5, 0.6) is 0 Å². The Morgan fingerprint density at radius 2 is 2.17 bits per heavy atom. The Hall–Kier alpha value is -2.32. The van der Waals surface area contributed by atoms with Gasteiger partial charge in [-0.25, -0.2) is 9.79 Å². The Kier molecular flexibility index (Phi) is 9.24. The SMILES string of the molecule is CCNC(=NCc1cccc(NC(=O)N2CCCC2)c1)NCCCOC1CCOC1. The fourth-order valence-corrected chi connectivity index (χ4v) is 3.56. The number of nitrogens with one attached hydrogen (secondary N) is 3. The second-order valence-electron chi connectivity index (χ2n) is 7.66. The number of guanidine groups is 1. The first kappa shape index (κ1) is 22.4. The Balaban J connectivity index is 1.43. The molecule has 2 saturated heterocycles. The predicted molar refractivity (Wildman–Crippen MR) is 119 cm³/mol. The van der Waals surface area contributed by atoms with Gasteiger partial charge in [-0.05, 0) is 50.3 Å². The van der Waals surface area contributed by atoms with Crippen LogP contribution in [-0.4, -0.2) is 69.0 Å². The van der Waals surface area contributed by atoms with Crippen LogP contribution < -0.4 is 16.0 Å². The van der Waals surface area contributed by atoms with E-state index in [4.69, 9.17) is 9.47 Å². The normalized spacial score (nSPS) is 19.2. The molecule has 2 aliphatic heterocycles. The number of hydrogen-bond donors (Lipinski definition) is 3. The second-order valence-corrected chi connectivity index (χ2v) is 7.66. The van der Waals surface area contributed by atoms with Crippen LogP contribution >= 0.6 is 0 Å². The molecule has 0 saturated carbocycles. The summed E-state index contributed by atoms with van der Waals surface area (Å²) in [7, 11) is 0. The summed E-state index contributed by atoms with van der Waals surface area (Å²) in [6, 6.07) is 7.86. The van der Waals surface area contributed by atoms with Crippen molar-refractivity contribution in [3.8, 4) is 0 Å². The van der Waals surface area contributed by atoms with E-state index in [1.165, 1.54) is 0 Å². The van der Waals surface area contributed by atoms with E-state index in [0.29, 0.717) is 6.54 Å². The smallest absolute Gasteiger partial charge is 0.321 e. The molecular formula is C22H35N5O3. The number of benzene rings is 1. The van der Waals surface area contributed by atoms with Crippen molar-refractivity contribution in [1.29, 1.82) is 0 Å². The lowest BCUT2D eigenvalue weighted by Gasteiger charge is -2.16. The zero-order valence-corrected chi connectivity index (χ0v) is 18.0. The molecule has 2 aliphatic rings. The molecule has 2 heterocycles. The summed E-state index contributed by atoms with van der Waals surface area (Å²) in [5.41, 5.74) is 1.86. The van der Waals surface area contributed by atoms with Crippen LogP contribution in [0.2, 0.25) is 0 Å². The number of hydrogen-bond acceptors (Lipinski definition) is 4. The van der Waals surface area contributed by atoms with Gasteiger partial charge < -0.3 is 30.3 Å². The van der Waals surface area contributed by atoms with Crippen molar-refractivity contribution in [3.05, 3.63) is 29.8 Å². The van der Waals surface area contributed by atoms with E-state index >= 15 is 0 Å². The van der Waals surface area contributed by atoms with Crippen molar-refractivity contribution >= 4 is 17.7 Å². The van der Waals surface area contributed by atoms with Gasteiger partial charge in [0.15, 0.2) is 5.96 Å². The van der Waals surface area contributed by atoms with Gasteiger partial charge in [-0.15, -0.1) is 0 Å². The van der Waals surface area contributed by atoms with E-state index < -0.39 is 0 Å². The molecule has 8 nitrogen and oxygen atoms in total. The molecule has 0 radical (unpaired) electrons. The van der Waals surface area contributed by atoms with Crippen LogP contribution in [0.25, 0.3) is 0 Å². The number of rotatable bonds is 9. The summed E-state index contributed by atoms with van der Waals surface area (Å²) in [5, 5.41) is 9.61. The largest absolute Gasteiger partial charge is 0.379 e. The third-order valence-corrected chi connectivity index (χ3v) is 5.19. The Morgan fingerprint density at radius 3 is 2.93 bits per heavy atom. The molecule has 1 atom stereocenters. The highest BCUT2D eigenvalue weighted by Crippen LogP contribution is 2.14. The number of ether oxygens (including phenoxy) is 2. The summed E-state index contributed by atoms with van der Waals surface area (Å²) in [5.74, 6) is 0.785. The fraction of sp³-hybridized carbons (Fsp3) is 0.636. The minimum atomic E-state index is -0.0189. The Labute approximate surface area is 179 Å². The van der Waals surface area contributed by atoms with Gasteiger partial charge in [0.25, 0.3) is 0 Å². The molecule has 8 heteroatoms. The van der Waals surface area contributed by atoms with E-state index in [-0.39, 0.29) is 12.1 Å². The van der Waals surface area contributed by atoms with Gasteiger partial charge >= 0.3 is 6.03 Å². The van der Waals surface area contributed by atoms with Crippen LogP contribution in [0.3, 0.4) is 0 Å². The van der Waals surface area contributed by atoms with Gasteiger partial charge in [0.2, 0.25) is 0 Å². The summed E-state index contributed by atoms with van der Waals surface area (Å²) in [6.45, 7) is 8.12. The average Bonchev–Trinajstić information content (AvgIpc) is 3.46. The molecule has 3 rings (SSSR count). The van der Waals surface area contributed by atoms with Crippen LogP contribution in [0.4, 0.5) is 10.5 Å². The van der Waals surface area contributed by atoms with Crippen molar-refractivity contribution in [2.75, 3.05) is 51.3 Å². The number of aliphatic imine (C=N–C) groups is 1. The quantitative estimate of drug-likeness (QED) is 0.327. The molecule has 0 aliphatic carbocycles. The lowest BCUT2D eigenvalue weighted by molar-refractivity contribution is 0.0420. The highest BCUT2D eigenvalue weighted by molar-refractivity contribution is 5.89. The molecule has 166 valence electrons. The summed E-state index contributed by atoms with van der Waals surface area (Å²) >= 11 is 0. The summed E-state index contributed by atoms with van der Waals surface area (Å²) < 4.78 is 11.1. The van der Waals surface area contributed by atoms with Crippen molar-refractivity contribution in [1.82, 2.24) is 15.5 Å². The van der Waals surface area contributed by atoms with Gasteiger partial charge in [0.1, 0.15) is 0 Å². The maximum Gasteiger partial charge on any atom is 0.321 e. The predicted octanol–water partition coefficient (Wildman–Crippen LogP) is 2.57. The molecule has 2 amide bonds. The van der Waals surface area contributed by atoms with Crippen LogP contribution in [0.1, 0.15) is 38.2 Å². The highest BCUT2D eigenvalue weighted by atomic mass is 16.5. The van der Waals surface area contributed by atoms with Crippen LogP contribution in [0, 0.1) is 0 Å². The summed E-state index contributed by atoms with van der Waals surface area (Å²) in [4.78, 5) is 18.8. The van der Waals surface area contributed by atoms with E-state index in [0.717, 1.165) is 88.9 Å². The maximum atomic E-state index is 12.3. The lowest BCUT2D eigenvalue weighted by Crippen LogP contribution is -2.38. The van der Waals surface area contributed by atoms with Gasteiger partial charge in [-0.1, -0.05) is 12.1 Å². The first-order valence-electron chi connectivity index (χ1n) is 11.1. The third-order valence-electron chi connectivity index (χ3n) is 5.19. The number of urea groups is 1. The van der Waals surface area contributed by atoms with Crippen molar-refractivity contribution in [3.63, 3.8) is 0 Å². The topological polar surface area (TPSA) is 87.2 Å². The van der Waals surface area contributed by atoms with Gasteiger partial charge in [0, 0.05) is 45.1 Å². The lowest BCUT2D eigenvalue weighted by atomic mass is 10.2. The van der Waals surface area contributed by atoms with Crippen molar-refractivity contribution in [2.45, 2.75) is 45.3 Å². The molecule has 0 spiro atoms. The maximum absolute atomic E-state index is 12.3. The molecular weight excluding hydrogens is 382 g/mol. The molecule has 30 heavy (non-hydrogen) atoms. The van der Waals surface area contributed by atoms with E-state index in [1.54, 1.807) is 0 Å². The second kappa shape index (κ2) is 12.4. The van der Waals surface area contributed by atoms with Gasteiger partial charge in [0.05, 0.1) is 19.3 Å². The van der Waals surface area contributed by atoms with Crippen molar-refractivity contribution < 1.29 is 14.3 Å². The molecule has 3 N–H and O–H groups in total. The molecule has 0 bridgehead atoms.